The van der Waals surface area contributed by atoms with E-state index in [2.05, 4.69) is 5.32 Å². The minimum Gasteiger partial charge on any atom is -0.507 e. The van der Waals surface area contributed by atoms with Crippen LogP contribution in [-0.4, -0.2) is 17.1 Å². The van der Waals surface area contributed by atoms with Crippen LogP contribution in [0, 0.1) is 0 Å². The lowest BCUT2D eigenvalue weighted by atomic mass is 9.78. The number of ether oxygens (including phenoxy) is 1. The van der Waals surface area contributed by atoms with Crippen molar-refractivity contribution < 1.29 is 19.4 Å². The Hall–Kier alpha value is -2.30. The van der Waals surface area contributed by atoms with E-state index >= 15 is 0 Å². The van der Waals surface area contributed by atoms with Gasteiger partial charge in [-0.3, -0.25) is 10.1 Å². The quantitative estimate of drug-likeness (QED) is 0.776. The van der Waals surface area contributed by atoms with Crippen LogP contribution in [-0.2, 0) is 20.4 Å². The molecule has 1 fully saturated rings. The van der Waals surface area contributed by atoms with Gasteiger partial charge in [0.1, 0.15) is 5.75 Å². The number of aromatic hydroxyl groups is 1. The largest absolute Gasteiger partial charge is 0.507 e. The van der Waals surface area contributed by atoms with Gasteiger partial charge in [-0.05, 0) is 34.6 Å². The first-order chi connectivity index (χ1) is 10.4. The smallest absolute Gasteiger partial charge is 0.419 e. The zero-order chi connectivity index (χ0) is 17.6. The number of hydrogen-bond donors (Lipinski definition) is 2. The third-order valence-corrected chi connectivity index (χ3v) is 3.69. The van der Waals surface area contributed by atoms with E-state index in [9.17, 15) is 14.7 Å². The van der Waals surface area contributed by atoms with Crippen molar-refractivity contribution >= 4 is 18.1 Å². The third-order valence-electron chi connectivity index (χ3n) is 3.69. The summed E-state index contributed by atoms with van der Waals surface area (Å²) in [5.41, 5.74) is 1.72. The van der Waals surface area contributed by atoms with Gasteiger partial charge >= 0.3 is 6.09 Å². The van der Waals surface area contributed by atoms with Crippen LogP contribution >= 0.6 is 0 Å². The average molecular weight is 317 g/mol. The second-order valence-electron chi connectivity index (χ2n) is 7.82. The number of hydrogen-bond acceptors (Lipinski definition) is 4. The molecule has 0 saturated carbocycles. The molecule has 124 valence electrons. The summed E-state index contributed by atoms with van der Waals surface area (Å²) >= 11 is 0. The summed E-state index contributed by atoms with van der Waals surface area (Å²) in [7, 11) is 0. The normalized spacial score (nSPS) is 17.4. The second kappa shape index (κ2) is 5.41. The van der Waals surface area contributed by atoms with Gasteiger partial charge < -0.3 is 9.84 Å². The van der Waals surface area contributed by atoms with Crippen LogP contribution in [0.25, 0.3) is 6.08 Å². The lowest BCUT2D eigenvalue weighted by Crippen LogP contribution is -2.18. The van der Waals surface area contributed by atoms with Crippen molar-refractivity contribution in [3.05, 3.63) is 34.6 Å². The molecule has 0 aromatic heterocycles. The van der Waals surface area contributed by atoms with Crippen molar-refractivity contribution in [1.82, 2.24) is 5.32 Å². The molecule has 2 rings (SSSR count). The molecule has 5 nitrogen and oxygen atoms in total. The summed E-state index contributed by atoms with van der Waals surface area (Å²) in [5.74, 6) is -0.335. The first kappa shape index (κ1) is 17.1. The Bertz CT molecular complexity index is 668. The number of nitrogens with one attached hydrogen (secondary N) is 1. The zero-order valence-electron chi connectivity index (χ0n) is 14.4. The van der Waals surface area contributed by atoms with Crippen molar-refractivity contribution in [3.63, 3.8) is 0 Å². The fourth-order valence-corrected chi connectivity index (χ4v) is 2.46. The highest BCUT2D eigenvalue weighted by atomic mass is 16.6. The number of amides is 2. The Kier molecular flexibility index (Phi) is 4.01. The van der Waals surface area contributed by atoms with E-state index in [1.54, 1.807) is 0 Å². The summed E-state index contributed by atoms with van der Waals surface area (Å²) in [6, 6.07) is 3.63. The molecular weight excluding hydrogens is 294 g/mol. The van der Waals surface area contributed by atoms with Gasteiger partial charge in [-0.2, -0.15) is 0 Å². The van der Waals surface area contributed by atoms with E-state index in [1.165, 1.54) is 6.08 Å². The molecule has 0 unspecified atom stereocenters. The van der Waals surface area contributed by atoms with Crippen molar-refractivity contribution in [2.45, 2.75) is 52.4 Å². The number of phenolic OH excluding ortho intramolecular Hbond substituents is 1. The molecule has 1 heterocycles. The number of cyclic esters (lactones) is 1. The molecule has 0 spiro atoms. The highest BCUT2D eigenvalue weighted by molar-refractivity contribution is 6.09. The van der Waals surface area contributed by atoms with Gasteiger partial charge in [-0.25, -0.2) is 4.79 Å². The van der Waals surface area contributed by atoms with E-state index in [4.69, 9.17) is 4.74 Å². The van der Waals surface area contributed by atoms with E-state index in [1.807, 2.05) is 53.7 Å². The molecule has 23 heavy (non-hydrogen) atoms. The maximum Gasteiger partial charge on any atom is 0.419 e. The maximum absolute atomic E-state index is 11.6. The fourth-order valence-electron chi connectivity index (χ4n) is 2.46. The predicted molar refractivity (Wildman–Crippen MR) is 88.1 cm³/mol. The molecule has 0 aliphatic carbocycles. The lowest BCUT2D eigenvalue weighted by Gasteiger charge is -2.27. The van der Waals surface area contributed by atoms with Crippen molar-refractivity contribution in [2.75, 3.05) is 0 Å². The standard InChI is InChI=1S/C18H23NO4/c1-17(2,3)11-7-10(8-12(14(11)20)18(4,5)6)9-13-15(21)19-16(22)23-13/h7-9,20H,1-6H3,(H,19,21,22)/b13-9+. The Morgan fingerprint density at radius 3 is 1.83 bits per heavy atom. The van der Waals surface area contributed by atoms with Crippen molar-refractivity contribution in [1.29, 1.82) is 0 Å². The molecular formula is C18H23NO4. The van der Waals surface area contributed by atoms with Crippen LogP contribution in [0.3, 0.4) is 0 Å². The van der Waals surface area contributed by atoms with E-state index in [0.717, 1.165) is 11.1 Å². The average Bonchev–Trinajstić information content (AvgIpc) is 2.67. The molecule has 1 saturated heterocycles. The first-order valence-corrected chi connectivity index (χ1v) is 7.52. The molecule has 2 N–H and O–H groups in total. The van der Waals surface area contributed by atoms with Crippen LogP contribution in [0.2, 0.25) is 0 Å². The number of carbonyl (C=O) groups is 2. The fraction of sp³-hybridized carbons (Fsp3) is 0.444. The van der Waals surface area contributed by atoms with Crippen LogP contribution in [0.1, 0.15) is 58.2 Å². The lowest BCUT2D eigenvalue weighted by molar-refractivity contribution is -0.116. The SMILES string of the molecule is CC(C)(C)c1cc(/C=C2/OC(=O)NC2=O)cc(C(C)(C)C)c1O. The highest BCUT2D eigenvalue weighted by Gasteiger charge is 2.29. The number of alkyl carbamates (subject to hydrolysis) is 1. The summed E-state index contributed by atoms with van der Waals surface area (Å²) in [6.45, 7) is 12.0. The Morgan fingerprint density at radius 1 is 1.00 bits per heavy atom. The van der Waals surface area contributed by atoms with E-state index in [0.29, 0.717) is 5.56 Å². The number of phenols is 1. The Morgan fingerprint density at radius 2 is 1.48 bits per heavy atom. The van der Waals surface area contributed by atoms with E-state index < -0.39 is 12.0 Å². The van der Waals surface area contributed by atoms with Gasteiger partial charge in [0.25, 0.3) is 5.91 Å². The third kappa shape index (κ3) is 3.55. The van der Waals surface area contributed by atoms with Crippen LogP contribution < -0.4 is 5.32 Å². The predicted octanol–water partition coefficient (Wildman–Crippen LogP) is 3.59. The molecule has 5 heteroatoms. The zero-order valence-corrected chi connectivity index (χ0v) is 14.4. The minimum absolute atomic E-state index is 0.0413. The monoisotopic (exact) mass is 317 g/mol. The summed E-state index contributed by atoms with van der Waals surface area (Å²) in [4.78, 5) is 22.8. The molecule has 0 bridgehead atoms. The summed E-state index contributed by atoms with van der Waals surface area (Å²) in [5, 5.41) is 12.7. The van der Waals surface area contributed by atoms with Gasteiger partial charge in [0.05, 0.1) is 0 Å². The molecule has 0 atom stereocenters. The summed E-state index contributed by atoms with van der Waals surface area (Å²) < 4.78 is 4.86. The second-order valence-corrected chi connectivity index (χ2v) is 7.82. The molecule has 1 aliphatic heterocycles. The Labute approximate surface area is 136 Å². The number of rotatable bonds is 1. The van der Waals surface area contributed by atoms with Gasteiger partial charge in [0.15, 0.2) is 5.76 Å². The van der Waals surface area contributed by atoms with Crippen LogP contribution in [0.5, 0.6) is 5.75 Å². The molecule has 1 aromatic carbocycles. The van der Waals surface area contributed by atoms with Gasteiger partial charge in [0, 0.05) is 11.1 Å². The topological polar surface area (TPSA) is 75.6 Å². The molecule has 1 aliphatic rings. The number of carbonyl (C=O) groups excluding carboxylic acids is 2. The van der Waals surface area contributed by atoms with E-state index in [-0.39, 0.29) is 22.3 Å². The highest BCUT2D eigenvalue weighted by Crippen LogP contribution is 2.40. The maximum atomic E-state index is 11.6. The first-order valence-electron chi connectivity index (χ1n) is 7.52. The van der Waals surface area contributed by atoms with Crippen molar-refractivity contribution in [3.8, 4) is 5.75 Å². The molecule has 1 aromatic rings. The van der Waals surface area contributed by atoms with Gasteiger partial charge in [-0.1, -0.05) is 41.5 Å². The number of benzene rings is 1. The van der Waals surface area contributed by atoms with Crippen molar-refractivity contribution in [2.24, 2.45) is 0 Å². The van der Waals surface area contributed by atoms with Crippen LogP contribution in [0.4, 0.5) is 4.79 Å². The van der Waals surface area contributed by atoms with Crippen LogP contribution in [0.15, 0.2) is 17.9 Å². The van der Waals surface area contributed by atoms with Gasteiger partial charge in [-0.15, -0.1) is 0 Å². The Balaban J connectivity index is 2.64. The summed E-state index contributed by atoms with van der Waals surface area (Å²) in [6.07, 6.45) is 0.747. The molecule has 0 radical (unpaired) electrons. The minimum atomic E-state index is -0.771. The number of imide groups is 1. The molecule has 2 amide bonds. The van der Waals surface area contributed by atoms with Gasteiger partial charge in [0.2, 0.25) is 0 Å².